The first-order valence-corrected chi connectivity index (χ1v) is 6.78. The summed E-state index contributed by atoms with van der Waals surface area (Å²) in [4.78, 5) is 17.9. The molecule has 0 unspecified atom stereocenters. The molecule has 0 N–H and O–H groups in total. The van der Waals surface area contributed by atoms with Crippen molar-refractivity contribution in [2.75, 3.05) is 11.4 Å². The number of hydrogen-bond acceptors (Lipinski definition) is 3. The van der Waals surface area contributed by atoms with Crippen LogP contribution in [0.15, 0.2) is 48.7 Å². The predicted octanol–water partition coefficient (Wildman–Crippen LogP) is 3.24. The maximum atomic E-state index is 11.8. The molecule has 1 aliphatic heterocycles. The molecular formula is C16H14N2O2. The summed E-state index contributed by atoms with van der Waals surface area (Å²) < 4.78 is 5.39. The minimum Gasteiger partial charge on any atom is -0.441 e. The molecule has 0 radical (unpaired) electrons. The number of rotatable bonds is 2. The highest BCUT2D eigenvalue weighted by atomic mass is 16.6. The highest BCUT2D eigenvalue weighted by Crippen LogP contribution is 2.45. The van der Waals surface area contributed by atoms with Crippen LogP contribution in [0.5, 0.6) is 0 Å². The lowest BCUT2D eigenvalue weighted by Crippen LogP contribution is -2.25. The molecule has 1 saturated carbocycles. The van der Waals surface area contributed by atoms with Crippen LogP contribution in [0.1, 0.15) is 12.8 Å². The summed E-state index contributed by atoms with van der Waals surface area (Å²) in [6.07, 6.45) is 3.47. The molecular weight excluding hydrogens is 252 g/mol. The minimum atomic E-state index is -0.275. The summed E-state index contributed by atoms with van der Waals surface area (Å²) in [5.74, 6) is 0.665. The highest BCUT2D eigenvalue weighted by Gasteiger charge is 2.55. The van der Waals surface area contributed by atoms with Gasteiger partial charge in [-0.05, 0) is 30.5 Å². The molecule has 1 aromatic heterocycles. The number of ether oxygens (including phenoxy) is 1. The number of amides is 1. The maximum absolute atomic E-state index is 11.8. The monoisotopic (exact) mass is 266 g/mol. The van der Waals surface area contributed by atoms with E-state index in [9.17, 15) is 4.79 Å². The third-order valence-corrected chi connectivity index (χ3v) is 3.91. The fourth-order valence-electron chi connectivity index (χ4n) is 2.55. The first-order chi connectivity index (χ1) is 9.76. The van der Waals surface area contributed by atoms with E-state index >= 15 is 0 Å². The van der Waals surface area contributed by atoms with E-state index in [4.69, 9.17) is 4.74 Å². The smallest absolute Gasteiger partial charge is 0.416 e. The molecule has 4 nitrogen and oxygen atoms in total. The summed E-state index contributed by atoms with van der Waals surface area (Å²) in [7, 11) is 0. The fourth-order valence-corrected chi connectivity index (χ4v) is 2.55. The van der Waals surface area contributed by atoms with E-state index in [0.717, 1.165) is 24.0 Å². The van der Waals surface area contributed by atoms with Crippen LogP contribution in [-0.2, 0) is 4.74 Å². The molecule has 4 rings (SSSR count). The van der Waals surface area contributed by atoms with Crippen LogP contribution in [0, 0.1) is 0 Å². The summed E-state index contributed by atoms with van der Waals surface area (Å²) in [5.41, 5.74) is 1.95. The van der Waals surface area contributed by atoms with Gasteiger partial charge in [0.1, 0.15) is 11.4 Å². The number of carbonyl (C=O) groups excluding carboxylic acids is 1. The Morgan fingerprint density at radius 1 is 1.05 bits per heavy atom. The van der Waals surface area contributed by atoms with Gasteiger partial charge in [-0.2, -0.15) is 0 Å². The van der Waals surface area contributed by atoms with E-state index in [1.165, 1.54) is 0 Å². The molecule has 4 heteroatoms. The lowest BCUT2D eigenvalue weighted by atomic mass is 10.1. The summed E-state index contributed by atoms with van der Waals surface area (Å²) >= 11 is 0. The number of hydrogen-bond donors (Lipinski definition) is 0. The van der Waals surface area contributed by atoms with E-state index in [1.807, 2.05) is 42.5 Å². The molecule has 2 fully saturated rings. The average molecular weight is 266 g/mol. The van der Waals surface area contributed by atoms with E-state index in [1.54, 1.807) is 11.1 Å². The zero-order valence-corrected chi connectivity index (χ0v) is 11.0. The quantitative estimate of drug-likeness (QED) is 0.838. The molecule has 2 aliphatic rings. The van der Waals surface area contributed by atoms with Crippen LogP contribution >= 0.6 is 0 Å². The summed E-state index contributed by atoms with van der Waals surface area (Å²) in [5, 5.41) is 0. The number of nitrogens with zero attached hydrogens (tertiary/aromatic N) is 2. The normalized spacial score (nSPS) is 19.2. The lowest BCUT2D eigenvalue weighted by Gasteiger charge is -2.12. The standard InChI is InChI=1S/C16H14N2O2/c19-15-18(11-16(20-15)8-9-16)14-7-6-13(10-17-14)12-4-2-1-3-5-12/h1-7,10H,8-9,11H2. The molecule has 0 atom stereocenters. The number of pyridine rings is 1. The van der Waals surface area contributed by atoms with Gasteiger partial charge in [-0.3, -0.25) is 4.90 Å². The first-order valence-electron chi connectivity index (χ1n) is 6.78. The van der Waals surface area contributed by atoms with Crippen LogP contribution in [0.2, 0.25) is 0 Å². The van der Waals surface area contributed by atoms with Gasteiger partial charge in [-0.15, -0.1) is 0 Å². The van der Waals surface area contributed by atoms with Crippen molar-refractivity contribution in [3.63, 3.8) is 0 Å². The number of anilines is 1. The summed E-state index contributed by atoms with van der Waals surface area (Å²) in [6, 6.07) is 13.9. The van der Waals surface area contributed by atoms with Crippen LogP contribution in [0.3, 0.4) is 0 Å². The van der Waals surface area contributed by atoms with Crippen molar-refractivity contribution in [3.05, 3.63) is 48.7 Å². The van der Waals surface area contributed by atoms with E-state index in [-0.39, 0.29) is 11.7 Å². The van der Waals surface area contributed by atoms with Crippen molar-refractivity contribution in [2.24, 2.45) is 0 Å². The Morgan fingerprint density at radius 2 is 1.85 bits per heavy atom. The fraction of sp³-hybridized carbons (Fsp3) is 0.250. The molecule has 2 heterocycles. The Labute approximate surface area is 117 Å². The van der Waals surface area contributed by atoms with Gasteiger partial charge in [0.25, 0.3) is 0 Å². The predicted molar refractivity (Wildman–Crippen MR) is 75.5 cm³/mol. The van der Waals surface area contributed by atoms with Crippen LogP contribution in [0.25, 0.3) is 11.1 Å². The Bertz CT molecular complexity index is 648. The largest absolute Gasteiger partial charge is 0.441 e. The SMILES string of the molecule is O=C1OC2(CC2)CN1c1ccc(-c2ccccc2)cn1. The number of aromatic nitrogens is 1. The lowest BCUT2D eigenvalue weighted by molar-refractivity contribution is 0.129. The van der Waals surface area contributed by atoms with Gasteiger partial charge in [0.05, 0.1) is 6.54 Å². The first kappa shape index (κ1) is 11.5. The molecule has 100 valence electrons. The second-order valence-electron chi connectivity index (χ2n) is 5.41. The van der Waals surface area contributed by atoms with Crippen LogP contribution < -0.4 is 4.90 Å². The van der Waals surface area contributed by atoms with Gasteiger partial charge in [-0.25, -0.2) is 9.78 Å². The molecule has 0 bridgehead atoms. The average Bonchev–Trinajstić information content (AvgIpc) is 3.16. The molecule has 1 saturated heterocycles. The van der Waals surface area contributed by atoms with Crippen molar-refractivity contribution in [3.8, 4) is 11.1 Å². The van der Waals surface area contributed by atoms with Gasteiger partial charge < -0.3 is 4.74 Å². The topological polar surface area (TPSA) is 42.4 Å². The minimum absolute atomic E-state index is 0.211. The summed E-state index contributed by atoms with van der Waals surface area (Å²) in [6.45, 7) is 0.628. The molecule has 1 aromatic carbocycles. The van der Waals surface area contributed by atoms with Crippen molar-refractivity contribution in [1.82, 2.24) is 4.98 Å². The van der Waals surface area contributed by atoms with Crippen LogP contribution in [0.4, 0.5) is 10.6 Å². The van der Waals surface area contributed by atoms with Gasteiger partial charge in [-0.1, -0.05) is 30.3 Å². The number of benzene rings is 1. The second-order valence-corrected chi connectivity index (χ2v) is 5.41. The zero-order valence-electron chi connectivity index (χ0n) is 11.0. The van der Waals surface area contributed by atoms with Crippen LogP contribution in [-0.4, -0.2) is 23.2 Å². The third-order valence-electron chi connectivity index (χ3n) is 3.91. The van der Waals surface area contributed by atoms with Gasteiger partial charge in [0.15, 0.2) is 0 Å². The van der Waals surface area contributed by atoms with E-state index in [2.05, 4.69) is 4.98 Å². The Hall–Kier alpha value is -2.36. The number of carbonyl (C=O) groups is 1. The third kappa shape index (κ3) is 1.84. The highest BCUT2D eigenvalue weighted by molar-refractivity contribution is 5.89. The van der Waals surface area contributed by atoms with Gasteiger partial charge in [0.2, 0.25) is 0 Å². The van der Waals surface area contributed by atoms with Crippen molar-refractivity contribution < 1.29 is 9.53 Å². The Balaban J connectivity index is 1.60. The molecule has 20 heavy (non-hydrogen) atoms. The second kappa shape index (κ2) is 4.07. The van der Waals surface area contributed by atoms with Crippen molar-refractivity contribution >= 4 is 11.9 Å². The van der Waals surface area contributed by atoms with Crippen molar-refractivity contribution in [1.29, 1.82) is 0 Å². The molecule has 1 amide bonds. The van der Waals surface area contributed by atoms with Gasteiger partial charge in [0, 0.05) is 11.8 Å². The van der Waals surface area contributed by atoms with E-state index in [0.29, 0.717) is 12.4 Å². The Kier molecular flexibility index (Phi) is 2.33. The van der Waals surface area contributed by atoms with Crippen molar-refractivity contribution in [2.45, 2.75) is 18.4 Å². The molecule has 1 aliphatic carbocycles. The van der Waals surface area contributed by atoms with Gasteiger partial charge >= 0.3 is 6.09 Å². The molecule has 2 aromatic rings. The Morgan fingerprint density at radius 3 is 2.45 bits per heavy atom. The molecule has 1 spiro atoms. The van der Waals surface area contributed by atoms with E-state index < -0.39 is 0 Å². The maximum Gasteiger partial charge on any atom is 0.416 e. The zero-order chi connectivity index (χ0) is 13.6.